The van der Waals surface area contributed by atoms with Gasteiger partial charge in [0, 0.05) is 25.8 Å². The highest BCUT2D eigenvalue weighted by Gasteiger charge is 2.30. The molecule has 0 radical (unpaired) electrons. The molecular formula is C26H35N3O. The Kier molecular flexibility index (Phi) is 6.05. The number of imidazole rings is 1. The molecule has 0 N–H and O–H groups in total. The molecule has 1 unspecified atom stereocenters. The minimum atomic E-state index is -0.0610. The first kappa shape index (κ1) is 20.0. The maximum atomic E-state index is 6.78. The highest BCUT2D eigenvalue weighted by molar-refractivity contribution is 5.45. The Hall–Kier alpha value is -1.91. The van der Waals surface area contributed by atoms with Crippen LogP contribution >= 0.6 is 0 Å². The molecule has 2 aliphatic heterocycles. The van der Waals surface area contributed by atoms with E-state index in [1.54, 1.807) is 0 Å². The first-order chi connectivity index (χ1) is 14.8. The third-order valence-electron chi connectivity index (χ3n) is 7.25. The standard InChI is InChI=1S/C26H35N3O/c1-28-16-14-23(15-17-28)30-25-24-12-5-4-10-21(24)13-18-29-19-22(27-26(25)29)11-6-9-20-7-2-3-8-20/h4-6,10-12,19-20,23,25H,2-3,7-9,13-18H2,1H3/b11-6+. The number of nitrogens with zero attached hydrogens (tertiary/aromatic N) is 3. The summed E-state index contributed by atoms with van der Waals surface area (Å²) in [4.78, 5) is 7.47. The van der Waals surface area contributed by atoms with Crippen LogP contribution in [-0.2, 0) is 17.7 Å². The lowest BCUT2D eigenvalue weighted by molar-refractivity contribution is -0.0275. The average Bonchev–Trinajstić information content (AvgIpc) is 3.40. The van der Waals surface area contributed by atoms with Gasteiger partial charge in [-0.3, -0.25) is 0 Å². The van der Waals surface area contributed by atoms with Crippen molar-refractivity contribution in [1.82, 2.24) is 14.5 Å². The van der Waals surface area contributed by atoms with Crippen molar-refractivity contribution in [2.75, 3.05) is 20.1 Å². The molecule has 30 heavy (non-hydrogen) atoms. The van der Waals surface area contributed by atoms with Gasteiger partial charge in [-0.05, 0) is 55.9 Å². The summed E-state index contributed by atoms with van der Waals surface area (Å²) in [6.45, 7) is 3.20. The van der Waals surface area contributed by atoms with E-state index in [-0.39, 0.29) is 6.10 Å². The van der Waals surface area contributed by atoms with Gasteiger partial charge in [0.15, 0.2) is 0 Å². The van der Waals surface area contributed by atoms with E-state index in [1.807, 2.05) is 0 Å². The summed E-state index contributed by atoms with van der Waals surface area (Å²) in [5, 5.41) is 0. The van der Waals surface area contributed by atoms with Crippen LogP contribution in [0.2, 0.25) is 0 Å². The van der Waals surface area contributed by atoms with Gasteiger partial charge < -0.3 is 14.2 Å². The van der Waals surface area contributed by atoms with Crippen molar-refractivity contribution >= 4 is 6.08 Å². The van der Waals surface area contributed by atoms with Crippen molar-refractivity contribution < 1.29 is 4.74 Å². The Labute approximate surface area is 180 Å². The van der Waals surface area contributed by atoms with Crippen molar-refractivity contribution in [3.8, 4) is 0 Å². The van der Waals surface area contributed by atoms with Crippen LogP contribution in [0, 0.1) is 5.92 Å². The minimum absolute atomic E-state index is 0.0610. The number of fused-ring (bicyclic) bond motifs is 2. The third-order valence-corrected chi connectivity index (χ3v) is 7.25. The lowest BCUT2D eigenvalue weighted by Crippen LogP contribution is -2.35. The predicted molar refractivity (Wildman–Crippen MR) is 121 cm³/mol. The van der Waals surface area contributed by atoms with Gasteiger partial charge in [-0.15, -0.1) is 0 Å². The number of aromatic nitrogens is 2. The molecule has 3 heterocycles. The molecule has 3 aliphatic rings. The summed E-state index contributed by atoms with van der Waals surface area (Å²) in [6, 6.07) is 8.80. The normalized spacial score (nSPS) is 23.6. The summed E-state index contributed by atoms with van der Waals surface area (Å²) in [5.41, 5.74) is 3.79. The van der Waals surface area contributed by atoms with E-state index < -0.39 is 0 Å². The van der Waals surface area contributed by atoms with Gasteiger partial charge in [0.05, 0.1) is 11.8 Å². The van der Waals surface area contributed by atoms with Crippen LogP contribution in [0.25, 0.3) is 6.08 Å². The Morgan fingerprint density at radius 1 is 1.07 bits per heavy atom. The van der Waals surface area contributed by atoms with Crippen molar-refractivity contribution in [3.63, 3.8) is 0 Å². The zero-order chi connectivity index (χ0) is 20.3. The molecule has 0 bridgehead atoms. The van der Waals surface area contributed by atoms with Gasteiger partial charge >= 0.3 is 0 Å². The Bertz CT molecular complexity index is 872. The summed E-state index contributed by atoms with van der Waals surface area (Å²) in [7, 11) is 2.20. The van der Waals surface area contributed by atoms with Crippen molar-refractivity contribution in [1.29, 1.82) is 0 Å². The van der Waals surface area contributed by atoms with Crippen LogP contribution in [0.15, 0.2) is 36.5 Å². The lowest BCUT2D eigenvalue weighted by atomic mass is 10.00. The Morgan fingerprint density at radius 2 is 1.87 bits per heavy atom. The summed E-state index contributed by atoms with van der Waals surface area (Å²) < 4.78 is 9.12. The third kappa shape index (κ3) is 4.40. The molecular weight excluding hydrogens is 370 g/mol. The van der Waals surface area contributed by atoms with E-state index >= 15 is 0 Å². The first-order valence-electron chi connectivity index (χ1n) is 11.9. The molecule has 2 aromatic rings. The molecule has 4 nitrogen and oxygen atoms in total. The van der Waals surface area contributed by atoms with Gasteiger partial charge in [0.2, 0.25) is 0 Å². The number of aryl methyl sites for hydroxylation is 2. The second kappa shape index (κ2) is 9.07. The molecule has 1 aliphatic carbocycles. The predicted octanol–water partition coefficient (Wildman–Crippen LogP) is 5.23. The topological polar surface area (TPSA) is 30.3 Å². The highest BCUT2D eigenvalue weighted by Crippen LogP contribution is 2.35. The Morgan fingerprint density at radius 3 is 2.70 bits per heavy atom. The molecule has 2 fully saturated rings. The monoisotopic (exact) mass is 405 g/mol. The van der Waals surface area contributed by atoms with Crippen molar-refractivity contribution in [2.45, 2.75) is 70.1 Å². The number of likely N-dealkylation sites (tertiary alicyclic amines) is 1. The van der Waals surface area contributed by atoms with Crippen LogP contribution in [0.4, 0.5) is 0 Å². The molecule has 1 aromatic carbocycles. The van der Waals surface area contributed by atoms with Gasteiger partial charge in [0.25, 0.3) is 0 Å². The summed E-state index contributed by atoms with van der Waals surface area (Å²) in [6.07, 6.45) is 17.1. The van der Waals surface area contributed by atoms with E-state index in [4.69, 9.17) is 9.72 Å². The van der Waals surface area contributed by atoms with Crippen LogP contribution in [0.3, 0.4) is 0 Å². The SMILES string of the molecule is CN1CCC(OC2c3ccccc3CCn3cc(/C=C/CC4CCCC4)nc32)CC1. The number of ether oxygens (including phenoxy) is 1. The zero-order valence-corrected chi connectivity index (χ0v) is 18.3. The van der Waals surface area contributed by atoms with E-state index in [2.05, 4.69) is 59.1 Å². The maximum Gasteiger partial charge on any atom is 0.143 e. The molecule has 1 aromatic heterocycles. The second-order valence-electron chi connectivity index (χ2n) is 9.47. The maximum absolute atomic E-state index is 6.78. The second-order valence-corrected chi connectivity index (χ2v) is 9.47. The van der Waals surface area contributed by atoms with E-state index in [9.17, 15) is 0 Å². The van der Waals surface area contributed by atoms with Crippen LogP contribution < -0.4 is 0 Å². The van der Waals surface area contributed by atoms with E-state index in [0.29, 0.717) is 6.10 Å². The van der Waals surface area contributed by atoms with Crippen LogP contribution in [0.5, 0.6) is 0 Å². The van der Waals surface area contributed by atoms with Crippen LogP contribution in [-0.4, -0.2) is 40.7 Å². The molecule has 0 amide bonds. The van der Waals surface area contributed by atoms with E-state index in [0.717, 1.165) is 56.3 Å². The zero-order valence-electron chi connectivity index (χ0n) is 18.3. The number of benzene rings is 1. The fourth-order valence-corrected chi connectivity index (χ4v) is 5.39. The molecule has 1 atom stereocenters. The molecule has 1 saturated carbocycles. The quantitative estimate of drug-likeness (QED) is 0.682. The molecule has 4 heteroatoms. The summed E-state index contributed by atoms with van der Waals surface area (Å²) >= 11 is 0. The molecule has 1 saturated heterocycles. The number of hydrogen-bond donors (Lipinski definition) is 0. The van der Waals surface area contributed by atoms with E-state index in [1.165, 1.54) is 43.2 Å². The fraction of sp³-hybridized carbons (Fsp3) is 0.577. The molecule has 5 rings (SSSR count). The van der Waals surface area contributed by atoms with Gasteiger partial charge in [-0.25, -0.2) is 4.98 Å². The summed E-state index contributed by atoms with van der Waals surface area (Å²) in [5.74, 6) is 1.97. The molecule has 160 valence electrons. The number of rotatable bonds is 5. The van der Waals surface area contributed by atoms with Gasteiger partial charge in [-0.1, -0.05) is 56.0 Å². The van der Waals surface area contributed by atoms with Gasteiger partial charge in [-0.2, -0.15) is 0 Å². The van der Waals surface area contributed by atoms with Crippen molar-refractivity contribution in [2.24, 2.45) is 5.92 Å². The van der Waals surface area contributed by atoms with Gasteiger partial charge in [0.1, 0.15) is 11.9 Å². The fourth-order valence-electron chi connectivity index (χ4n) is 5.39. The average molecular weight is 406 g/mol. The number of piperidine rings is 1. The largest absolute Gasteiger partial charge is 0.362 e. The van der Waals surface area contributed by atoms with Crippen molar-refractivity contribution in [3.05, 3.63) is 59.2 Å². The first-order valence-corrected chi connectivity index (χ1v) is 11.9. The highest BCUT2D eigenvalue weighted by atomic mass is 16.5. The molecule has 0 spiro atoms. The van der Waals surface area contributed by atoms with Crippen LogP contribution in [0.1, 0.15) is 73.7 Å². The number of allylic oxidation sites excluding steroid dienone is 1. The minimum Gasteiger partial charge on any atom is -0.362 e. The lowest BCUT2D eigenvalue weighted by Gasteiger charge is -2.32. The number of hydrogen-bond acceptors (Lipinski definition) is 3. The Balaban J connectivity index is 1.39. The smallest absolute Gasteiger partial charge is 0.143 e.